The quantitative estimate of drug-likeness (QED) is 0.437. The molecule has 3 nitrogen and oxygen atoms in total. The van der Waals surface area contributed by atoms with Crippen molar-refractivity contribution in [1.29, 1.82) is 0 Å². The molecule has 0 saturated heterocycles. The molecule has 1 N–H and O–H groups in total. The van der Waals surface area contributed by atoms with E-state index in [2.05, 4.69) is 68.1 Å². The van der Waals surface area contributed by atoms with Gasteiger partial charge in [-0.25, -0.2) is 0 Å². The third-order valence-corrected chi connectivity index (χ3v) is 3.35. The number of hydrogen-bond donors (Lipinski definition) is 1. The van der Waals surface area contributed by atoms with E-state index < -0.39 is 0 Å². The molecule has 1 aromatic rings. The molecule has 0 amide bonds. The van der Waals surface area contributed by atoms with E-state index in [0.717, 1.165) is 36.5 Å². The first-order valence-electron chi connectivity index (χ1n) is 8.35. The highest BCUT2D eigenvalue weighted by molar-refractivity contribution is 5.54. The van der Waals surface area contributed by atoms with E-state index >= 15 is 0 Å². The smallest absolute Gasteiger partial charge is 0.0981 e. The molecule has 0 fully saturated rings. The summed E-state index contributed by atoms with van der Waals surface area (Å²) in [7, 11) is 1.88. The van der Waals surface area contributed by atoms with Gasteiger partial charge in [0.15, 0.2) is 0 Å². The highest BCUT2D eigenvalue weighted by Crippen LogP contribution is 2.18. The lowest BCUT2D eigenvalue weighted by Crippen LogP contribution is -2.29. The fraction of sp³-hybridized carbons (Fsp3) is 0.429. The predicted molar refractivity (Wildman–Crippen MR) is 104 cm³/mol. The predicted octanol–water partition coefficient (Wildman–Crippen LogP) is 4.32. The highest BCUT2D eigenvalue weighted by Gasteiger charge is 2.09. The Morgan fingerprint density at radius 2 is 1.96 bits per heavy atom. The summed E-state index contributed by atoms with van der Waals surface area (Å²) in [4.78, 5) is 2.13. The Kier molecular flexibility index (Phi) is 8.15. The lowest BCUT2D eigenvalue weighted by molar-refractivity contribution is 0.000600. The average Bonchev–Trinajstić information content (AvgIpc) is 2.54. The minimum Gasteiger partial charge on any atom is -0.375 e. The minimum absolute atomic E-state index is 0.103. The first-order valence-corrected chi connectivity index (χ1v) is 8.35. The van der Waals surface area contributed by atoms with Crippen LogP contribution in [0.2, 0.25) is 0 Å². The summed E-state index contributed by atoms with van der Waals surface area (Å²) in [5.74, 6) is 7.21. The summed E-state index contributed by atoms with van der Waals surface area (Å²) in [6.45, 7) is 15.5. The summed E-state index contributed by atoms with van der Waals surface area (Å²) >= 11 is 0. The third-order valence-electron chi connectivity index (χ3n) is 3.35. The van der Waals surface area contributed by atoms with Crippen LogP contribution >= 0.6 is 0 Å². The Labute approximate surface area is 147 Å². The molecule has 24 heavy (non-hydrogen) atoms. The van der Waals surface area contributed by atoms with Gasteiger partial charge in [-0.15, -0.1) is 6.58 Å². The molecule has 130 valence electrons. The molecular weight excluding hydrogens is 296 g/mol. The zero-order valence-electron chi connectivity index (χ0n) is 15.5. The number of benzene rings is 1. The maximum Gasteiger partial charge on any atom is 0.0981 e. The van der Waals surface area contributed by atoms with Crippen molar-refractivity contribution in [2.24, 2.45) is 0 Å². The van der Waals surface area contributed by atoms with Crippen LogP contribution in [0.5, 0.6) is 0 Å². The Bertz CT molecular complexity index is 585. The molecular formula is C21H30N2O. The highest BCUT2D eigenvalue weighted by atomic mass is 16.5. The van der Waals surface area contributed by atoms with E-state index in [-0.39, 0.29) is 5.60 Å². The standard InChI is InChI=1S/C21H30N2O/c1-7-8-16-23(18(2)22-6)20-14-12-19(13-15-20)11-9-10-17-24-21(3,4)5/h7,12-15,22H,1-2,8,10,16-17H2,3-6H3. The van der Waals surface area contributed by atoms with Crippen molar-refractivity contribution in [3.8, 4) is 11.8 Å². The second kappa shape index (κ2) is 9.85. The van der Waals surface area contributed by atoms with Crippen LogP contribution in [0.3, 0.4) is 0 Å². The minimum atomic E-state index is -0.103. The van der Waals surface area contributed by atoms with Gasteiger partial charge in [-0.3, -0.25) is 0 Å². The second-order valence-corrected chi connectivity index (χ2v) is 6.49. The van der Waals surface area contributed by atoms with Gasteiger partial charge in [-0.2, -0.15) is 0 Å². The van der Waals surface area contributed by atoms with Crippen molar-refractivity contribution in [2.45, 2.75) is 39.2 Å². The van der Waals surface area contributed by atoms with Crippen LogP contribution in [0, 0.1) is 11.8 Å². The fourth-order valence-electron chi connectivity index (χ4n) is 2.07. The lowest BCUT2D eigenvalue weighted by Gasteiger charge is -2.26. The summed E-state index contributed by atoms with van der Waals surface area (Å²) in [6, 6.07) is 8.22. The third kappa shape index (κ3) is 7.39. The zero-order chi connectivity index (χ0) is 18.0. The summed E-state index contributed by atoms with van der Waals surface area (Å²) in [5, 5.41) is 3.10. The molecule has 1 aromatic carbocycles. The number of hydrogen-bond acceptors (Lipinski definition) is 3. The summed E-state index contributed by atoms with van der Waals surface area (Å²) in [5.41, 5.74) is 2.00. The monoisotopic (exact) mass is 326 g/mol. The number of nitrogens with zero attached hydrogens (tertiary/aromatic N) is 1. The fourth-order valence-corrected chi connectivity index (χ4v) is 2.07. The van der Waals surface area contributed by atoms with E-state index in [9.17, 15) is 0 Å². The second-order valence-electron chi connectivity index (χ2n) is 6.49. The lowest BCUT2D eigenvalue weighted by atomic mass is 10.2. The maximum absolute atomic E-state index is 5.66. The molecule has 0 aromatic heterocycles. The van der Waals surface area contributed by atoms with Crippen LogP contribution < -0.4 is 10.2 Å². The van der Waals surface area contributed by atoms with Crippen molar-refractivity contribution < 1.29 is 4.74 Å². The normalized spacial score (nSPS) is 10.5. The van der Waals surface area contributed by atoms with Crippen molar-refractivity contribution in [1.82, 2.24) is 5.32 Å². The van der Waals surface area contributed by atoms with Crippen molar-refractivity contribution in [3.63, 3.8) is 0 Å². The van der Waals surface area contributed by atoms with E-state index in [4.69, 9.17) is 4.74 Å². The molecule has 0 radical (unpaired) electrons. The number of ether oxygens (including phenoxy) is 1. The molecule has 0 aliphatic rings. The molecule has 0 bridgehead atoms. The number of rotatable bonds is 8. The van der Waals surface area contributed by atoms with Crippen LogP contribution in [-0.4, -0.2) is 25.8 Å². The van der Waals surface area contributed by atoms with Gasteiger partial charge in [0.1, 0.15) is 0 Å². The largest absolute Gasteiger partial charge is 0.375 e. The SMILES string of the molecule is C=CCCN(C(=C)NC)c1ccc(C#CCCOC(C)(C)C)cc1. The Morgan fingerprint density at radius 3 is 2.50 bits per heavy atom. The number of anilines is 1. The van der Waals surface area contributed by atoms with Crippen LogP contribution in [0.4, 0.5) is 5.69 Å². The van der Waals surface area contributed by atoms with E-state index in [1.807, 2.05) is 25.3 Å². The molecule has 3 heteroatoms. The first kappa shape index (κ1) is 19.9. The van der Waals surface area contributed by atoms with Crippen LogP contribution in [0.1, 0.15) is 39.2 Å². The van der Waals surface area contributed by atoms with E-state index in [1.165, 1.54) is 0 Å². The maximum atomic E-state index is 5.66. The van der Waals surface area contributed by atoms with E-state index in [0.29, 0.717) is 6.61 Å². The van der Waals surface area contributed by atoms with E-state index in [1.54, 1.807) is 0 Å². The Morgan fingerprint density at radius 1 is 1.29 bits per heavy atom. The van der Waals surface area contributed by atoms with Crippen molar-refractivity contribution in [2.75, 3.05) is 25.1 Å². The molecule has 0 aliphatic carbocycles. The molecule has 0 atom stereocenters. The van der Waals surface area contributed by atoms with Gasteiger partial charge in [0.2, 0.25) is 0 Å². The summed E-state index contributed by atoms with van der Waals surface area (Å²) in [6.07, 6.45) is 3.55. The average molecular weight is 326 g/mol. The molecule has 1 rings (SSSR count). The van der Waals surface area contributed by atoms with Gasteiger partial charge in [-0.05, 0) is 51.5 Å². The number of nitrogens with one attached hydrogen (secondary N) is 1. The van der Waals surface area contributed by atoms with Gasteiger partial charge in [0.05, 0.1) is 18.0 Å². The molecule has 0 heterocycles. The first-order chi connectivity index (χ1) is 11.4. The van der Waals surface area contributed by atoms with Crippen LogP contribution in [0.15, 0.2) is 49.3 Å². The van der Waals surface area contributed by atoms with Gasteiger partial charge in [0, 0.05) is 31.3 Å². The van der Waals surface area contributed by atoms with Crippen molar-refractivity contribution >= 4 is 5.69 Å². The van der Waals surface area contributed by atoms with Gasteiger partial charge < -0.3 is 15.0 Å². The Hall–Kier alpha value is -2.18. The molecule has 0 saturated carbocycles. The van der Waals surface area contributed by atoms with Gasteiger partial charge in [-0.1, -0.05) is 24.5 Å². The zero-order valence-corrected chi connectivity index (χ0v) is 15.5. The summed E-state index contributed by atoms with van der Waals surface area (Å²) < 4.78 is 5.66. The molecule has 0 unspecified atom stereocenters. The van der Waals surface area contributed by atoms with Gasteiger partial charge >= 0.3 is 0 Å². The molecule has 0 aliphatic heterocycles. The topological polar surface area (TPSA) is 24.5 Å². The van der Waals surface area contributed by atoms with Gasteiger partial charge in [0.25, 0.3) is 0 Å². The Balaban J connectivity index is 2.67. The molecule has 0 spiro atoms. The van der Waals surface area contributed by atoms with Crippen LogP contribution in [0.25, 0.3) is 0 Å². The van der Waals surface area contributed by atoms with Crippen molar-refractivity contribution in [3.05, 3.63) is 54.9 Å². The van der Waals surface area contributed by atoms with Crippen LogP contribution in [-0.2, 0) is 4.74 Å².